The molecule has 0 bridgehead atoms. The molecule has 2 atom stereocenters. The van der Waals surface area contributed by atoms with Crippen LogP contribution in [0.1, 0.15) is 41.5 Å². The highest BCUT2D eigenvalue weighted by Gasteiger charge is 2.46. The van der Waals surface area contributed by atoms with Crippen molar-refractivity contribution in [1.29, 1.82) is 0 Å². The minimum absolute atomic E-state index is 0.0190. The number of hydrogen-bond donors (Lipinski definition) is 0. The molecule has 1 amide bonds. The lowest BCUT2D eigenvalue weighted by Crippen LogP contribution is -2.44. The molecule has 0 saturated carbocycles. The van der Waals surface area contributed by atoms with Gasteiger partial charge >= 0.3 is 6.09 Å². The van der Waals surface area contributed by atoms with Crippen molar-refractivity contribution in [1.82, 2.24) is 9.80 Å². The maximum atomic E-state index is 13.8. The fraction of sp³-hybridized carbons (Fsp3) is 0.324. The van der Waals surface area contributed by atoms with Gasteiger partial charge in [-0.1, -0.05) is 91.0 Å². The summed E-state index contributed by atoms with van der Waals surface area (Å²) in [5.74, 6) is 0.401. The molecule has 6 rings (SSSR count). The summed E-state index contributed by atoms with van der Waals surface area (Å²) in [5.41, 5.74) is 4.38. The Morgan fingerprint density at radius 2 is 1.36 bits per heavy atom. The van der Waals surface area contributed by atoms with E-state index in [2.05, 4.69) is 103 Å². The van der Waals surface area contributed by atoms with Crippen LogP contribution in [-0.4, -0.2) is 58.8 Å². The molecular formula is C37H39N3O4S. The molecule has 4 aromatic carbocycles. The number of carbonyl (C=O) groups is 1. The zero-order chi connectivity index (χ0) is 31.2. The van der Waals surface area contributed by atoms with Crippen LogP contribution in [0, 0.1) is 16.0 Å². The van der Waals surface area contributed by atoms with E-state index in [0.717, 1.165) is 37.9 Å². The monoisotopic (exact) mass is 621 g/mol. The van der Waals surface area contributed by atoms with Crippen molar-refractivity contribution in [2.75, 3.05) is 26.7 Å². The first kappa shape index (κ1) is 30.9. The van der Waals surface area contributed by atoms with Crippen molar-refractivity contribution in [3.8, 4) is 0 Å². The number of carbonyl (C=O) groups excluding carboxylic acids is 1. The van der Waals surface area contributed by atoms with Gasteiger partial charge < -0.3 is 14.5 Å². The van der Waals surface area contributed by atoms with Crippen molar-refractivity contribution in [3.05, 3.63) is 148 Å². The van der Waals surface area contributed by atoms with Crippen LogP contribution in [0.4, 0.5) is 10.5 Å². The third-order valence-corrected chi connectivity index (χ3v) is 11.0. The zero-order valence-corrected chi connectivity index (χ0v) is 26.4. The van der Waals surface area contributed by atoms with Crippen molar-refractivity contribution < 1.29 is 14.5 Å². The molecule has 0 radical (unpaired) electrons. The topological polar surface area (TPSA) is 75.9 Å². The van der Waals surface area contributed by atoms with E-state index in [1.807, 2.05) is 16.7 Å². The maximum Gasteiger partial charge on any atom is 0.410 e. The molecule has 2 saturated heterocycles. The molecule has 8 heteroatoms. The van der Waals surface area contributed by atoms with Crippen molar-refractivity contribution in [2.24, 2.45) is 5.92 Å². The van der Waals surface area contributed by atoms with E-state index in [0.29, 0.717) is 12.5 Å². The lowest BCUT2D eigenvalue weighted by atomic mass is 9.84. The molecule has 0 aliphatic carbocycles. The van der Waals surface area contributed by atoms with Crippen LogP contribution in [0.3, 0.4) is 0 Å². The maximum absolute atomic E-state index is 13.8. The van der Waals surface area contributed by atoms with Gasteiger partial charge in [-0.05, 0) is 79.7 Å². The average molecular weight is 622 g/mol. The summed E-state index contributed by atoms with van der Waals surface area (Å²) in [6, 6.07) is 38.4. The van der Waals surface area contributed by atoms with Gasteiger partial charge in [-0.15, -0.1) is 11.8 Å². The quantitative estimate of drug-likeness (QED) is 0.108. The van der Waals surface area contributed by atoms with Gasteiger partial charge in [0.1, 0.15) is 6.61 Å². The fourth-order valence-electron chi connectivity index (χ4n) is 6.90. The summed E-state index contributed by atoms with van der Waals surface area (Å²) in [7, 11) is 2.16. The number of benzene rings is 4. The lowest BCUT2D eigenvalue weighted by Gasteiger charge is -2.37. The van der Waals surface area contributed by atoms with E-state index in [-0.39, 0.29) is 29.7 Å². The number of ether oxygens (including phenoxy) is 1. The number of nitro groups is 1. The SMILES string of the molecule is CN1CCC([C@@H]2C[C@H](SC(c3ccccc3)(c3ccccc3)c3ccccc3)CN2C(=O)OCc2ccc([N+](=O)[O-])cc2)CC1. The van der Waals surface area contributed by atoms with Crippen LogP contribution < -0.4 is 0 Å². The molecule has 2 heterocycles. The molecule has 0 unspecified atom stereocenters. The zero-order valence-electron chi connectivity index (χ0n) is 25.5. The summed E-state index contributed by atoms with van der Waals surface area (Å²) in [6.07, 6.45) is 2.67. The number of nitro benzene ring substituents is 1. The van der Waals surface area contributed by atoms with Crippen molar-refractivity contribution >= 4 is 23.5 Å². The molecular weight excluding hydrogens is 582 g/mol. The number of rotatable bonds is 9. The summed E-state index contributed by atoms with van der Waals surface area (Å²) in [5, 5.41) is 11.2. The number of amides is 1. The molecule has 0 spiro atoms. The number of likely N-dealkylation sites (tertiary alicyclic amines) is 2. The van der Waals surface area contributed by atoms with E-state index in [9.17, 15) is 14.9 Å². The third kappa shape index (κ3) is 6.77. The summed E-state index contributed by atoms with van der Waals surface area (Å²) >= 11 is 1.94. The van der Waals surface area contributed by atoms with Crippen LogP contribution in [0.15, 0.2) is 115 Å². The number of nitrogens with zero attached hydrogens (tertiary/aromatic N) is 3. The highest BCUT2D eigenvalue weighted by atomic mass is 32.2. The number of thioether (sulfide) groups is 1. The van der Waals surface area contributed by atoms with Crippen LogP contribution >= 0.6 is 11.8 Å². The summed E-state index contributed by atoms with van der Waals surface area (Å²) < 4.78 is 5.42. The predicted molar refractivity (Wildman–Crippen MR) is 179 cm³/mol. The predicted octanol–water partition coefficient (Wildman–Crippen LogP) is 7.74. The van der Waals surface area contributed by atoms with Gasteiger partial charge in [0, 0.05) is 30.0 Å². The Labute approximate surface area is 269 Å². The second kappa shape index (κ2) is 13.9. The minimum atomic E-state index is -0.468. The molecule has 0 aromatic heterocycles. The molecule has 0 N–H and O–H groups in total. The van der Waals surface area contributed by atoms with Crippen LogP contribution in [0.5, 0.6) is 0 Å². The number of piperidine rings is 1. The Balaban J connectivity index is 1.31. The number of hydrogen-bond acceptors (Lipinski definition) is 6. The fourth-order valence-corrected chi connectivity index (χ4v) is 8.74. The van der Waals surface area contributed by atoms with Gasteiger partial charge in [0.05, 0.1) is 9.67 Å². The van der Waals surface area contributed by atoms with E-state index in [4.69, 9.17) is 4.74 Å². The van der Waals surface area contributed by atoms with Crippen LogP contribution in [0.2, 0.25) is 0 Å². The van der Waals surface area contributed by atoms with Gasteiger partial charge in [0.2, 0.25) is 0 Å². The normalized spacial score (nSPS) is 19.4. The highest BCUT2D eigenvalue weighted by molar-refractivity contribution is 8.01. The number of non-ortho nitro benzene ring substituents is 1. The smallest absolute Gasteiger partial charge is 0.410 e. The third-order valence-electron chi connectivity index (χ3n) is 9.24. The molecule has 2 aliphatic rings. The second-order valence-electron chi connectivity index (χ2n) is 12.1. The first-order valence-corrected chi connectivity index (χ1v) is 16.5. The highest BCUT2D eigenvalue weighted by Crippen LogP contribution is 2.52. The molecule has 2 fully saturated rings. The molecule has 7 nitrogen and oxygen atoms in total. The van der Waals surface area contributed by atoms with Crippen LogP contribution in [0.25, 0.3) is 0 Å². The summed E-state index contributed by atoms with van der Waals surface area (Å²) in [6.45, 7) is 2.71. The summed E-state index contributed by atoms with van der Waals surface area (Å²) in [4.78, 5) is 28.8. The molecule has 2 aliphatic heterocycles. The van der Waals surface area contributed by atoms with E-state index >= 15 is 0 Å². The Morgan fingerprint density at radius 3 is 1.84 bits per heavy atom. The Bertz CT molecular complexity index is 1470. The second-order valence-corrected chi connectivity index (χ2v) is 13.6. The van der Waals surface area contributed by atoms with Gasteiger partial charge in [-0.25, -0.2) is 4.79 Å². The minimum Gasteiger partial charge on any atom is -0.445 e. The first-order valence-electron chi connectivity index (χ1n) is 15.6. The van der Waals surface area contributed by atoms with Gasteiger partial charge in [0.15, 0.2) is 0 Å². The first-order chi connectivity index (χ1) is 21.9. The van der Waals surface area contributed by atoms with Gasteiger partial charge in [-0.3, -0.25) is 10.1 Å². The lowest BCUT2D eigenvalue weighted by molar-refractivity contribution is -0.384. The van der Waals surface area contributed by atoms with Crippen molar-refractivity contribution in [2.45, 2.75) is 41.9 Å². The molecule has 232 valence electrons. The average Bonchev–Trinajstić information content (AvgIpc) is 3.51. The Morgan fingerprint density at radius 1 is 0.844 bits per heavy atom. The van der Waals surface area contributed by atoms with E-state index in [1.54, 1.807) is 12.1 Å². The molecule has 45 heavy (non-hydrogen) atoms. The standard InChI is InChI=1S/C37H39N3O4S/c1-38-23-21-29(22-24-38)35-25-34(26-39(35)36(41)44-27-28-17-19-33(20-18-28)40(42)43)45-37(30-11-5-2-6-12-30,31-13-7-3-8-14-31)32-15-9-4-10-16-32/h2-20,29,34-35H,21-27H2,1H3/t34-,35-/m0/s1. The van der Waals surface area contributed by atoms with Crippen molar-refractivity contribution in [3.63, 3.8) is 0 Å². The Kier molecular flexibility index (Phi) is 9.52. The Hall–Kier alpha value is -4.14. The largest absolute Gasteiger partial charge is 0.445 e. The molecule has 4 aromatic rings. The van der Waals surface area contributed by atoms with Crippen LogP contribution in [-0.2, 0) is 16.1 Å². The van der Waals surface area contributed by atoms with E-state index in [1.165, 1.54) is 28.8 Å². The van der Waals surface area contributed by atoms with Gasteiger partial charge in [0.25, 0.3) is 5.69 Å². The van der Waals surface area contributed by atoms with Gasteiger partial charge in [-0.2, -0.15) is 0 Å². The van der Waals surface area contributed by atoms with E-state index < -0.39 is 9.67 Å².